The van der Waals surface area contributed by atoms with Crippen molar-refractivity contribution in [3.63, 3.8) is 0 Å². The van der Waals surface area contributed by atoms with E-state index in [1.54, 1.807) is 0 Å². The first kappa shape index (κ1) is 30.2. The van der Waals surface area contributed by atoms with Gasteiger partial charge in [0.2, 0.25) is 5.91 Å². The third-order valence-electron chi connectivity index (χ3n) is 6.20. The van der Waals surface area contributed by atoms with E-state index in [9.17, 15) is 33.0 Å². The number of ether oxygens (including phenoxy) is 2. The van der Waals surface area contributed by atoms with Crippen molar-refractivity contribution in [3.05, 3.63) is 78.1 Å². The molecule has 2 amide bonds. The number of hydrogen-bond acceptors (Lipinski definition) is 8. The molecule has 2 atom stereocenters. The lowest BCUT2D eigenvalue weighted by Gasteiger charge is -2.29. The number of carbonyl (C=O) groups is 2. The topological polar surface area (TPSA) is 155 Å². The summed E-state index contributed by atoms with van der Waals surface area (Å²) in [6.07, 6.45) is -4.36. The zero-order valence-electron chi connectivity index (χ0n) is 21.4. The molecule has 0 bridgehead atoms. The summed E-state index contributed by atoms with van der Waals surface area (Å²) >= 11 is 0. The first-order valence-corrected chi connectivity index (χ1v) is 12.0. The fraction of sp³-hybridized carbons (Fsp3) is 0.296. The maximum Gasteiger partial charge on any atom is 0.420 e. The van der Waals surface area contributed by atoms with Crippen LogP contribution in [0.2, 0.25) is 0 Å². The number of halogens is 3. The van der Waals surface area contributed by atoms with Gasteiger partial charge in [0.05, 0.1) is 24.9 Å². The molecular weight excluding hydrogens is 533 g/mol. The zero-order valence-corrected chi connectivity index (χ0v) is 21.4. The fourth-order valence-corrected chi connectivity index (χ4v) is 4.11. The molecule has 1 aliphatic carbocycles. The van der Waals surface area contributed by atoms with Crippen molar-refractivity contribution in [2.45, 2.75) is 43.3 Å². The van der Waals surface area contributed by atoms with Crippen molar-refractivity contribution in [1.29, 1.82) is 0 Å². The minimum atomic E-state index is -4.67. The van der Waals surface area contributed by atoms with Gasteiger partial charge in [-0.3, -0.25) is 14.6 Å². The maximum absolute atomic E-state index is 13.5. The van der Waals surface area contributed by atoms with E-state index in [2.05, 4.69) is 22.2 Å². The Bertz CT molecular complexity index is 1280. The largest absolute Gasteiger partial charge is 0.497 e. The van der Waals surface area contributed by atoms with Crippen LogP contribution in [0, 0.1) is 0 Å². The molecule has 1 saturated carbocycles. The van der Waals surface area contributed by atoms with E-state index in [1.165, 1.54) is 43.6 Å². The number of aliphatic hydroxyl groups is 2. The Balaban J connectivity index is 1.71. The third-order valence-corrected chi connectivity index (χ3v) is 6.20. The lowest BCUT2D eigenvalue weighted by molar-refractivity contribution is -0.138. The van der Waals surface area contributed by atoms with Crippen LogP contribution in [0.4, 0.5) is 13.2 Å². The highest BCUT2D eigenvalue weighted by molar-refractivity contribution is 6.13. The number of amides is 2. The van der Waals surface area contributed by atoms with Crippen molar-refractivity contribution >= 4 is 18.0 Å². The van der Waals surface area contributed by atoms with Gasteiger partial charge in [-0.1, -0.05) is 18.7 Å². The van der Waals surface area contributed by atoms with Crippen molar-refractivity contribution < 1.29 is 42.4 Å². The Morgan fingerprint density at radius 3 is 2.33 bits per heavy atom. The number of aliphatic hydroxyl groups excluding tert-OH is 2. The standard InChI is InChI=1S/C27H29F3N4O6/c1-3-32-15-17(13-31)24(37)34-26(11-21(35)22(36)12-26)25(38)33-14-16-4-6-18(7-5-16)40-23-9-8-19(39-2)10-20(23)27(28,29)30/h3-10,13,15,21-22,35-36H,1,11-12,14,31H2,2H3,(H,33,38)(H,34,37)/b17-13+,32-15-/t21-,22-/m0/s1. The van der Waals surface area contributed by atoms with Crippen LogP contribution in [-0.2, 0) is 22.3 Å². The molecular formula is C27H29F3N4O6. The molecule has 10 nitrogen and oxygen atoms in total. The number of benzene rings is 2. The van der Waals surface area contributed by atoms with E-state index < -0.39 is 47.1 Å². The van der Waals surface area contributed by atoms with E-state index in [0.717, 1.165) is 24.5 Å². The lowest BCUT2D eigenvalue weighted by atomic mass is 9.95. The maximum atomic E-state index is 13.5. The quantitative estimate of drug-likeness (QED) is 0.220. The molecule has 214 valence electrons. The summed E-state index contributed by atoms with van der Waals surface area (Å²) in [4.78, 5) is 29.6. The number of methoxy groups -OCH3 is 1. The molecule has 13 heteroatoms. The molecule has 1 aliphatic rings. The number of carbonyl (C=O) groups excluding carboxylic acids is 2. The van der Waals surface area contributed by atoms with Crippen molar-refractivity contribution in [2.24, 2.45) is 10.7 Å². The number of nitrogens with zero attached hydrogens (tertiary/aromatic N) is 1. The van der Waals surface area contributed by atoms with E-state index in [4.69, 9.17) is 15.2 Å². The summed E-state index contributed by atoms with van der Waals surface area (Å²) < 4.78 is 50.7. The van der Waals surface area contributed by atoms with Gasteiger partial charge in [0, 0.05) is 38.0 Å². The summed E-state index contributed by atoms with van der Waals surface area (Å²) in [6.45, 7) is 3.37. The number of aliphatic imine (C=N–C) groups is 1. The molecule has 3 rings (SSSR count). The molecule has 0 heterocycles. The average molecular weight is 563 g/mol. The Kier molecular flexibility index (Phi) is 9.56. The van der Waals surface area contributed by atoms with Gasteiger partial charge in [-0.15, -0.1) is 0 Å². The molecule has 40 heavy (non-hydrogen) atoms. The Morgan fingerprint density at radius 2 is 1.77 bits per heavy atom. The van der Waals surface area contributed by atoms with E-state index in [0.29, 0.717) is 5.56 Å². The van der Waals surface area contributed by atoms with Crippen LogP contribution in [-0.4, -0.2) is 53.1 Å². The molecule has 6 N–H and O–H groups in total. The van der Waals surface area contributed by atoms with Gasteiger partial charge >= 0.3 is 6.18 Å². The van der Waals surface area contributed by atoms with Crippen molar-refractivity contribution in [3.8, 4) is 17.2 Å². The second kappa shape index (κ2) is 12.7. The average Bonchev–Trinajstić information content (AvgIpc) is 3.21. The van der Waals surface area contributed by atoms with E-state index in [1.807, 2.05) is 0 Å². The van der Waals surface area contributed by atoms with Crippen LogP contribution in [0.5, 0.6) is 17.2 Å². The number of nitrogens with two attached hydrogens (primary N) is 1. The first-order chi connectivity index (χ1) is 18.9. The van der Waals surface area contributed by atoms with E-state index >= 15 is 0 Å². The molecule has 0 spiro atoms. The van der Waals surface area contributed by atoms with E-state index in [-0.39, 0.29) is 36.5 Å². The number of nitrogens with one attached hydrogen (secondary N) is 2. The van der Waals surface area contributed by atoms with Gasteiger partial charge in [0.15, 0.2) is 0 Å². The van der Waals surface area contributed by atoms with Crippen LogP contribution < -0.4 is 25.8 Å². The van der Waals surface area contributed by atoms with Gasteiger partial charge in [-0.2, -0.15) is 13.2 Å². The van der Waals surface area contributed by atoms with Crippen LogP contribution in [0.3, 0.4) is 0 Å². The second-order valence-electron chi connectivity index (χ2n) is 8.95. The van der Waals surface area contributed by atoms with Crippen LogP contribution >= 0.6 is 0 Å². The summed E-state index contributed by atoms with van der Waals surface area (Å²) in [5, 5.41) is 25.4. The van der Waals surface area contributed by atoms with Gasteiger partial charge in [-0.05, 0) is 35.9 Å². The molecule has 0 unspecified atom stereocenters. The predicted molar refractivity (Wildman–Crippen MR) is 139 cm³/mol. The second-order valence-corrected chi connectivity index (χ2v) is 8.95. The van der Waals surface area contributed by atoms with Crippen LogP contribution in [0.1, 0.15) is 24.0 Å². The third kappa shape index (κ3) is 7.18. The molecule has 2 aromatic rings. The SMILES string of the molecule is C=C/N=C\C(=C/N)C(=O)NC1(C(=O)NCc2ccc(Oc3ccc(OC)cc3C(F)(F)F)cc2)C[C@H](O)[C@@H](O)C1. The first-order valence-electron chi connectivity index (χ1n) is 12.0. The molecule has 0 saturated heterocycles. The molecule has 0 aromatic heterocycles. The summed E-state index contributed by atoms with van der Waals surface area (Å²) in [6, 6.07) is 9.28. The summed E-state index contributed by atoms with van der Waals surface area (Å²) in [5.74, 6) is -1.67. The highest BCUT2D eigenvalue weighted by Crippen LogP contribution is 2.40. The highest BCUT2D eigenvalue weighted by atomic mass is 19.4. The number of hydrogen-bond donors (Lipinski definition) is 5. The Labute approximate surface area is 228 Å². The molecule has 1 fully saturated rings. The zero-order chi connectivity index (χ0) is 29.5. The molecule has 0 radical (unpaired) electrons. The smallest absolute Gasteiger partial charge is 0.420 e. The van der Waals surface area contributed by atoms with Gasteiger partial charge in [0.1, 0.15) is 28.4 Å². The van der Waals surface area contributed by atoms with Gasteiger partial charge in [0.25, 0.3) is 5.91 Å². The highest BCUT2D eigenvalue weighted by Gasteiger charge is 2.50. The molecule has 2 aromatic carbocycles. The monoisotopic (exact) mass is 562 g/mol. The van der Waals surface area contributed by atoms with Crippen molar-refractivity contribution in [2.75, 3.05) is 7.11 Å². The summed E-state index contributed by atoms with van der Waals surface area (Å²) in [7, 11) is 1.26. The normalized spacial score (nSPS) is 18.8. The number of rotatable bonds is 10. The van der Waals surface area contributed by atoms with Gasteiger partial charge in [-0.25, -0.2) is 0 Å². The van der Waals surface area contributed by atoms with Crippen LogP contribution in [0.15, 0.2) is 72.0 Å². The lowest BCUT2D eigenvalue weighted by Crippen LogP contribution is -2.58. The molecule has 0 aliphatic heterocycles. The minimum Gasteiger partial charge on any atom is -0.497 e. The number of alkyl halides is 3. The summed E-state index contributed by atoms with van der Waals surface area (Å²) in [5.41, 5.74) is 3.34. The van der Waals surface area contributed by atoms with Gasteiger partial charge < -0.3 is 36.1 Å². The Hall–Kier alpha value is -4.36. The van der Waals surface area contributed by atoms with Crippen molar-refractivity contribution in [1.82, 2.24) is 10.6 Å². The van der Waals surface area contributed by atoms with Crippen LogP contribution in [0.25, 0.3) is 0 Å². The predicted octanol–water partition coefficient (Wildman–Crippen LogP) is 2.55. The Morgan fingerprint density at radius 1 is 1.15 bits per heavy atom. The fourth-order valence-electron chi connectivity index (χ4n) is 4.11. The minimum absolute atomic E-state index is 0.0298.